The summed E-state index contributed by atoms with van der Waals surface area (Å²) in [7, 11) is 0. The van der Waals surface area contributed by atoms with E-state index in [4.69, 9.17) is 19.0 Å². The molecule has 26 heavy (non-hydrogen) atoms. The van der Waals surface area contributed by atoms with Crippen molar-refractivity contribution in [3.8, 4) is 11.5 Å². The van der Waals surface area contributed by atoms with Crippen LogP contribution in [0.5, 0.6) is 11.5 Å². The zero-order valence-corrected chi connectivity index (χ0v) is 15.1. The van der Waals surface area contributed by atoms with E-state index >= 15 is 0 Å². The molecule has 0 aliphatic heterocycles. The standard InChI is InChI=1S/C19H23NO6/c1-12(2)10-24-14-5-4-6-15(7-14)25-11-18(21)20-9-16-8-17(19(22)23)13(3)26-16/h4-8,12H,9-11H2,1-3H3,(H,20,21)(H,22,23). The first kappa shape index (κ1) is 19.4. The number of carboxylic acid groups (broad SMARTS) is 1. The van der Waals surface area contributed by atoms with Gasteiger partial charge in [0.05, 0.1) is 13.2 Å². The lowest BCUT2D eigenvalue weighted by molar-refractivity contribution is -0.123. The fourth-order valence-electron chi connectivity index (χ4n) is 2.15. The number of aryl methyl sites for hydroxylation is 1. The molecule has 0 atom stereocenters. The molecule has 0 unspecified atom stereocenters. The maximum atomic E-state index is 11.9. The number of furan rings is 1. The van der Waals surface area contributed by atoms with Crippen LogP contribution in [0.3, 0.4) is 0 Å². The summed E-state index contributed by atoms with van der Waals surface area (Å²) in [5, 5.41) is 11.6. The van der Waals surface area contributed by atoms with Crippen molar-refractivity contribution < 1.29 is 28.6 Å². The maximum absolute atomic E-state index is 11.9. The Morgan fingerprint density at radius 2 is 1.88 bits per heavy atom. The summed E-state index contributed by atoms with van der Waals surface area (Å²) in [5.41, 5.74) is 0.0868. The Labute approximate surface area is 151 Å². The molecule has 0 saturated carbocycles. The third-order valence-electron chi connectivity index (χ3n) is 3.42. The number of carbonyl (C=O) groups is 2. The van der Waals surface area contributed by atoms with Gasteiger partial charge in [0, 0.05) is 6.07 Å². The second-order valence-corrected chi connectivity index (χ2v) is 6.23. The topological polar surface area (TPSA) is 98.0 Å². The van der Waals surface area contributed by atoms with Crippen LogP contribution >= 0.6 is 0 Å². The molecule has 0 spiro atoms. The summed E-state index contributed by atoms with van der Waals surface area (Å²) in [6.45, 7) is 6.21. The number of rotatable bonds is 9. The summed E-state index contributed by atoms with van der Waals surface area (Å²) >= 11 is 0. The van der Waals surface area contributed by atoms with Crippen molar-refractivity contribution in [3.63, 3.8) is 0 Å². The summed E-state index contributed by atoms with van der Waals surface area (Å²) in [5.74, 6) is 0.897. The van der Waals surface area contributed by atoms with Gasteiger partial charge in [0.15, 0.2) is 6.61 Å². The van der Waals surface area contributed by atoms with Gasteiger partial charge >= 0.3 is 5.97 Å². The number of carbonyl (C=O) groups excluding carboxylic acids is 1. The molecule has 0 bridgehead atoms. The van der Waals surface area contributed by atoms with Crippen LogP contribution in [0.25, 0.3) is 0 Å². The van der Waals surface area contributed by atoms with Crippen molar-refractivity contribution in [1.82, 2.24) is 5.32 Å². The quantitative estimate of drug-likeness (QED) is 0.712. The lowest BCUT2D eigenvalue weighted by Crippen LogP contribution is -2.28. The monoisotopic (exact) mass is 361 g/mol. The summed E-state index contributed by atoms with van der Waals surface area (Å²) in [4.78, 5) is 22.9. The van der Waals surface area contributed by atoms with Crippen molar-refractivity contribution in [2.45, 2.75) is 27.3 Å². The van der Waals surface area contributed by atoms with Crippen LogP contribution in [-0.4, -0.2) is 30.2 Å². The van der Waals surface area contributed by atoms with Crippen molar-refractivity contribution in [2.24, 2.45) is 5.92 Å². The normalized spacial score (nSPS) is 10.6. The number of benzene rings is 1. The highest BCUT2D eigenvalue weighted by atomic mass is 16.5. The molecule has 0 aliphatic rings. The van der Waals surface area contributed by atoms with E-state index in [1.807, 2.05) is 6.07 Å². The molecule has 1 amide bonds. The summed E-state index contributed by atoms with van der Waals surface area (Å²) in [6.07, 6.45) is 0. The van der Waals surface area contributed by atoms with Gasteiger partial charge in [-0.3, -0.25) is 4.79 Å². The van der Waals surface area contributed by atoms with Gasteiger partial charge in [-0.2, -0.15) is 0 Å². The van der Waals surface area contributed by atoms with Crippen LogP contribution in [0.2, 0.25) is 0 Å². The van der Waals surface area contributed by atoms with Crippen LogP contribution in [0.1, 0.15) is 35.7 Å². The predicted molar refractivity (Wildman–Crippen MR) is 94.5 cm³/mol. The van der Waals surface area contributed by atoms with Crippen molar-refractivity contribution in [1.29, 1.82) is 0 Å². The number of hydrogen-bond donors (Lipinski definition) is 2. The Balaban J connectivity index is 1.80. The molecular formula is C19H23NO6. The Bertz CT molecular complexity index is 765. The Morgan fingerprint density at radius 1 is 1.19 bits per heavy atom. The van der Waals surface area contributed by atoms with E-state index in [0.29, 0.717) is 35.5 Å². The van der Waals surface area contributed by atoms with E-state index in [9.17, 15) is 9.59 Å². The van der Waals surface area contributed by atoms with E-state index in [1.54, 1.807) is 25.1 Å². The second kappa shape index (κ2) is 8.94. The lowest BCUT2D eigenvalue weighted by Gasteiger charge is -2.11. The van der Waals surface area contributed by atoms with Crippen LogP contribution in [-0.2, 0) is 11.3 Å². The first-order valence-electron chi connectivity index (χ1n) is 8.30. The van der Waals surface area contributed by atoms with E-state index < -0.39 is 5.97 Å². The second-order valence-electron chi connectivity index (χ2n) is 6.23. The summed E-state index contributed by atoms with van der Waals surface area (Å²) < 4.78 is 16.4. The number of hydrogen-bond acceptors (Lipinski definition) is 5. The first-order chi connectivity index (χ1) is 12.3. The maximum Gasteiger partial charge on any atom is 0.339 e. The van der Waals surface area contributed by atoms with Gasteiger partial charge in [-0.15, -0.1) is 0 Å². The summed E-state index contributed by atoms with van der Waals surface area (Å²) in [6, 6.07) is 8.49. The number of ether oxygens (including phenoxy) is 2. The fourth-order valence-corrected chi connectivity index (χ4v) is 2.15. The molecule has 2 aromatic rings. The van der Waals surface area contributed by atoms with Crippen molar-refractivity contribution in [2.75, 3.05) is 13.2 Å². The molecule has 1 aromatic heterocycles. The third-order valence-corrected chi connectivity index (χ3v) is 3.42. The number of carboxylic acids is 1. The number of nitrogens with one attached hydrogen (secondary N) is 1. The van der Waals surface area contributed by atoms with Gasteiger partial charge in [-0.25, -0.2) is 4.79 Å². The van der Waals surface area contributed by atoms with Gasteiger partial charge in [0.25, 0.3) is 5.91 Å². The highest BCUT2D eigenvalue weighted by molar-refractivity contribution is 5.88. The smallest absolute Gasteiger partial charge is 0.339 e. The molecule has 7 nitrogen and oxygen atoms in total. The highest BCUT2D eigenvalue weighted by Gasteiger charge is 2.14. The molecule has 140 valence electrons. The van der Waals surface area contributed by atoms with E-state index in [0.717, 1.165) is 0 Å². The lowest BCUT2D eigenvalue weighted by atomic mass is 10.2. The third kappa shape index (κ3) is 5.84. The average Bonchev–Trinajstić information content (AvgIpc) is 2.98. The number of aromatic carboxylic acids is 1. The molecule has 0 saturated heterocycles. The van der Waals surface area contributed by atoms with Gasteiger partial charge < -0.3 is 24.3 Å². The Hall–Kier alpha value is -2.96. The average molecular weight is 361 g/mol. The van der Waals surface area contributed by atoms with Gasteiger partial charge in [-0.05, 0) is 31.0 Å². The minimum Gasteiger partial charge on any atom is -0.493 e. The first-order valence-corrected chi connectivity index (χ1v) is 8.30. The largest absolute Gasteiger partial charge is 0.493 e. The van der Waals surface area contributed by atoms with Gasteiger partial charge in [0.2, 0.25) is 0 Å². The van der Waals surface area contributed by atoms with E-state index in [1.165, 1.54) is 6.07 Å². The molecule has 0 radical (unpaired) electrons. The predicted octanol–water partition coefficient (Wildman–Crippen LogP) is 3.02. The molecule has 0 fully saturated rings. The fraction of sp³-hybridized carbons (Fsp3) is 0.368. The van der Waals surface area contributed by atoms with Crippen molar-refractivity contribution >= 4 is 11.9 Å². The van der Waals surface area contributed by atoms with Gasteiger partial charge in [0.1, 0.15) is 28.6 Å². The minimum atomic E-state index is -1.06. The number of amides is 1. The molecule has 2 N–H and O–H groups in total. The SMILES string of the molecule is Cc1oc(CNC(=O)COc2cccc(OCC(C)C)c2)cc1C(=O)O. The van der Waals surface area contributed by atoms with Crippen LogP contribution < -0.4 is 14.8 Å². The van der Waals surface area contributed by atoms with Crippen molar-refractivity contribution in [3.05, 3.63) is 47.4 Å². The highest BCUT2D eigenvalue weighted by Crippen LogP contribution is 2.20. The van der Waals surface area contributed by atoms with Gasteiger partial charge in [-0.1, -0.05) is 19.9 Å². The molecule has 7 heteroatoms. The molecule has 1 heterocycles. The zero-order valence-electron chi connectivity index (χ0n) is 15.1. The van der Waals surface area contributed by atoms with Crippen LogP contribution in [0.4, 0.5) is 0 Å². The zero-order chi connectivity index (χ0) is 19.1. The van der Waals surface area contributed by atoms with E-state index in [-0.39, 0.29) is 24.6 Å². The Morgan fingerprint density at radius 3 is 2.50 bits per heavy atom. The Kier molecular flexibility index (Phi) is 6.66. The molecule has 0 aliphatic carbocycles. The van der Waals surface area contributed by atoms with E-state index in [2.05, 4.69) is 19.2 Å². The molecule has 1 aromatic carbocycles. The minimum absolute atomic E-state index is 0.0868. The molecule has 2 rings (SSSR count). The van der Waals surface area contributed by atoms with Crippen LogP contribution in [0, 0.1) is 12.8 Å². The van der Waals surface area contributed by atoms with Crippen LogP contribution in [0.15, 0.2) is 34.7 Å². The molecular weight excluding hydrogens is 338 g/mol.